The summed E-state index contributed by atoms with van der Waals surface area (Å²) in [6.07, 6.45) is -1.43. The van der Waals surface area contributed by atoms with Gasteiger partial charge in [-0.25, -0.2) is 4.79 Å². The van der Waals surface area contributed by atoms with E-state index in [1.807, 2.05) is 0 Å². The number of oxime groups is 1. The number of carbonyl (C=O) groups excluding carboxylic acids is 2. The molecule has 30 heavy (non-hydrogen) atoms. The summed E-state index contributed by atoms with van der Waals surface area (Å²) in [7, 11) is 0. The quantitative estimate of drug-likeness (QED) is 0.803. The van der Waals surface area contributed by atoms with Crippen molar-refractivity contribution < 1.29 is 32.3 Å². The van der Waals surface area contributed by atoms with Crippen molar-refractivity contribution in [2.45, 2.75) is 43.9 Å². The van der Waals surface area contributed by atoms with Crippen LogP contribution in [0.4, 0.5) is 18.0 Å². The van der Waals surface area contributed by atoms with Crippen molar-refractivity contribution >= 4 is 17.9 Å². The van der Waals surface area contributed by atoms with Crippen LogP contribution in [0, 0.1) is 5.92 Å². The van der Waals surface area contributed by atoms with Crippen molar-refractivity contribution in [3.63, 3.8) is 0 Å². The first-order valence-electron chi connectivity index (χ1n) is 9.91. The lowest BCUT2D eigenvalue weighted by Gasteiger charge is -2.37. The number of carbonyl (C=O) groups is 2. The maximum atomic E-state index is 12.7. The van der Waals surface area contributed by atoms with Crippen molar-refractivity contribution in [2.24, 2.45) is 11.1 Å². The molecular formula is C20H22F3N3O4. The highest BCUT2D eigenvalue weighted by Crippen LogP contribution is 2.35. The predicted octanol–water partition coefficient (Wildman–Crippen LogP) is 3.55. The molecule has 1 aliphatic carbocycles. The van der Waals surface area contributed by atoms with Gasteiger partial charge in [-0.1, -0.05) is 5.16 Å². The van der Waals surface area contributed by atoms with Gasteiger partial charge in [0.25, 0.3) is 5.91 Å². The fraction of sp³-hybridized carbons (Fsp3) is 0.550. The third kappa shape index (κ3) is 4.68. The number of hydrogen-bond acceptors (Lipinski definition) is 5. The molecule has 2 amide bonds. The van der Waals surface area contributed by atoms with Gasteiger partial charge in [0.05, 0.1) is 12.0 Å². The average Bonchev–Trinajstić information content (AvgIpc) is 3.48. The van der Waals surface area contributed by atoms with Crippen LogP contribution in [0.15, 0.2) is 29.4 Å². The summed E-state index contributed by atoms with van der Waals surface area (Å²) in [5.41, 5.74) is -1.20. The van der Waals surface area contributed by atoms with Gasteiger partial charge in [-0.15, -0.1) is 0 Å². The normalized spacial score (nSPS) is 20.5. The van der Waals surface area contributed by atoms with Gasteiger partial charge in [-0.3, -0.25) is 4.79 Å². The Morgan fingerprint density at radius 3 is 2.47 bits per heavy atom. The zero-order valence-electron chi connectivity index (χ0n) is 16.2. The summed E-state index contributed by atoms with van der Waals surface area (Å²) in [5, 5.41) is 6.58. The van der Waals surface area contributed by atoms with Crippen molar-refractivity contribution in [2.75, 3.05) is 19.6 Å². The van der Waals surface area contributed by atoms with Gasteiger partial charge in [0.15, 0.2) is 0 Å². The van der Waals surface area contributed by atoms with Crippen LogP contribution >= 0.6 is 0 Å². The standard InChI is InChI=1S/C20H22F3N3O4/c21-20(22,23)15-5-3-14(4-6-15)17(27)26-9-7-19(8-10-26)11-16(25-30-19)29-18(28)24-12-13-1-2-13/h3-6,13H,1-2,7-12H2,(H,24,28). The molecule has 1 saturated heterocycles. The summed E-state index contributed by atoms with van der Waals surface area (Å²) in [6.45, 7) is 1.34. The molecule has 0 atom stereocenters. The van der Waals surface area contributed by atoms with Crippen molar-refractivity contribution in [3.05, 3.63) is 35.4 Å². The number of nitrogens with one attached hydrogen (secondary N) is 1. The lowest BCUT2D eigenvalue weighted by atomic mass is 9.88. The van der Waals surface area contributed by atoms with Crippen LogP contribution in [0.5, 0.6) is 0 Å². The van der Waals surface area contributed by atoms with Crippen molar-refractivity contribution in [1.82, 2.24) is 10.2 Å². The molecule has 2 aliphatic heterocycles. The maximum Gasteiger partial charge on any atom is 0.416 e. The van der Waals surface area contributed by atoms with Gasteiger partial charge in [0.2, 0.25) is 5.90 Å². The zero-order valence-corrected chi connectivity index (χ0v) is 16.2. The Hall–Kier alpha value is -2.78. The number of rotatable bonds is 3. The number of alkyl carbamates (subject to hydrolysis) is 1. The van der Waals surface area contributed by atoms with E-state index in [0.717, 1.165) is 25.0 Å². The van der Waals surface area contributed by atoms with Gasteiger partial charge >= 0.3 is 12.3 Å². The molecule has 162 valence electrons. The number of nitrogens with zero attached hydrogens (tertiary/aromatic N) is 2. The van der Waals surface area contributed by atoms with Crippen LogP contribution in [-0.4, -0.2) is 48.0 Å². The SMILES string of the molecule is O=C(NCC1CC1)OC1=NOC2(CCN(C(=O)c3ccc(C(F)(F)F)cc3)CC2)C1. The fourth-order valence-corrected chi connectivity index (χ4v) is 3.61. The van der Waals surface area contributed by atoms with E-state index in [9.17, 15) is 22.8 Å². The van der Waals surface area contributed by atoms with E-state index in [-0.39, 0.29) is 17.4 Å². The van der Waals surface area contributed by atoms with Gasteiger partial charge in [-0.05, 0) is 43.0 Å². The molecule has 2 heterocycles. The average molecular weight is 425 g/mol. The van der Waals surface area contributed by atoms with Gasteiger partial charge < -0.3 is 19.8 Å². The van der Waals surface area contributed by atoms with Crippen LogP contribution in [0.3, 0.4) is 0 Å². The van der Waals surface area contributed by atoms with Crippen LogP contribution in [0.25, 0.3) is 0 Å². The second-order valence-electron chi connectivity index (χ2n) is 8.02. The van der Waals surface area contributed by atoms with Crippen LogP contribution in [-0.2, 0) is 15.8 Å². The minimum absolute atomic E-state index is 0.207. The molecule has 0 bridgehead atoms. The second kappa shape index (κ2) is 7.81. The monoisotopic (exact) mass is 425 g/mol. The maximum absolute atomic E-state index is 12.7. The fourth-order valence-electron chi connectivity index (χ4n) is 3.61. The van der Waals surface area contributed by atoms with Crippen molar-refractivity contribution in [3.8, 4) is 0 Å². The Labute approximate surface area is 171 Å². The number of halogens is 3. The van der Waals surface area contributed by atoms with E-state index in [1.54, 1.807) is 4.90 Å². The Kier molecular flexibility index (Phi) is 5.33. The van der Waals surface area contributed by atoms with Crippen LogP contribution in [0.1, 0.15) is 48.0 Å². The second-order valence-corrected chi connectivity index (χ2v) is 8.02. The molecule has 1 saturated carbocycles. The Morgan fingerprint density at radius 1 is 1.20 bits per heavy atom. The van der Waals surface area contributed by atoms with Crippen LogP contribution in [0.2, 0.25) is 0 Å². The molecule has 1 N–H and O–H groups in total. The lowest BCUT2D eigenvalue weighted by Crippen LogP contribution is -2.47. The summed E-state index contributed by atoms with van der Waals surface area (Å²) in [6, 6.07) is 4.20. The van der Waals surface area contributed by atoms with E-state index in [4.69, 9.17) is 9.57 Å². The molecule has 4 rings (SSSR count). The smallest absolute Gasteiger partial charge is 0.392 e. The first kappa shape index (κ1) is 20.5. The largest absolute Gasteiger partial charge is 0.416 e. The topological polar surface area (TPSA) is 80.2 Å². The van der Waals surface area contributed by atoms with Crippen LogP contribution < -0.4 is 5.32 Å². The molecule has 1 aromatic carbocycles. The number of ether oxygens (including phenoxy) is 1. The molecule has 0 aromatic heterocycles. The predicted molar refractivity (Wildman–Crippen MR) is 99.7 cm³/mol. The molecule has 0 radical (unpaired) electrons. The van der Waals surface area contributed by atoms with Gasteiger partial charge in [0, 0.05) is 38.0 Å². The molecule has 7 nitrogen and oxygen atoms in total. The minimum Gasteiger partial charge on any atom is -0.392 e. The van der Waals surface area contributed by atoms with E-state index in [1.165, 1.54) is 12.1 Å². The first-order chi connectivity index (χ1) is 14.2. The van der Waals surface area contributed by atoms with E-state index < -0.39 is 23.4 Å². The third-order valence-corrected chi connectivity index (χ3v) is 5.68. The number of piperidine rings is 1. The lowest BCUT2D eigenvalue weighted by molar-refractivity contribution is -0.137. The number of hydrogen-bond donors (Lipinski definition) is 1. The highest BCUT2D eigenvalue weighted by Gasteiger charge is 2.44. The van der Waals surface area contributed by atoms with E-state index in [0.29, 0.717) is 44.8 Å². The first-order valence-corrected chi connectivity index (χ1v) is 9.91. The summed E-state index contributed by atoms with van der Waals surface area (Å²) in [5.74, 6) is 0.427. The molecular weight excluding hydrogens is 403 g/mol. The van der Waals surface area contributed by atoms with E-state index in [2.05, 4.69) is 10.5 Å². The Balaban J connectivity index is 1.26. The van der Waals surface area contributed by atoms with Crippen molar-refractivity contribution in [1.29, 1.82) is 0 Å². The highest BCUT2D eigenvalue weighted by molar-refractivity contribution is 5.94. The summed E-state index contributed by atoms with van der Waals surface area (Å²) >= 11 is 0. The third-order valence-electron chi connectivity index (χ3n) is 5.68. The minimum atomic E-state index is -4.44. The number of alkyl halides is 3. The Bertz CT molecular complexity index is 842. The van der Waals surface area contributed by atoms with Gasteiger partial charge in [0.1, 0.15) is 5.60 Å². The Morgan fingerprint density at radius 2 is 1.87 bits per heavy atom. The number of amides is 2. The molecule has 1 spiro atoms. The zero-order chi connectivity index (χ0) is 21.4. The summed E-state index contributed by atoms with van der Waals surface area (Å²) in [4.78, 5) is 31.5. The highest BCUT2D eigenvalue weighted by atomic mass is 19.4. The molecule has 3 aliphatic rings. The molecule has 10 heteroatoms. The molecule has 1 aromatic rings. The number of benzene rings is 1. The van der Waals surface area contributed by atoms with E-state index >= 15 is 0 Å². The van der Waals surface area contributed by atoms with Gasteiger partial charge in [-0.2, -0.15) is 13.2 Å². The molecule has 2 fully saturated rings. The molecule has 0 unspecified atom stereocenters. The number of likely N-dealkylation sites (tertiary alicyclic amines) is 1. The summed E-state index contributed by atoms with van der Waals surface area (Å²) < 4.78 is 43.2.